The fourth-order valence-electron chi connectivity index (χ4n) is 3.48. The lowest BCUT2D eigenvalue weighted by atomic mass is 10.1. The van der Waals surface area contributed by atoms with Crippen molar-refractivity contribution in [3.8, 4) is 5.75 Å². The molecule has 0 aliphatic rings. The maximum Gasteiger partial charge on any atom is 0.243 e. The van der Waals surface area contributed by atoms with Crippen LogP contribution < -0.4 is 9.88 Å². The SMILES string of the molecule is COc1ccccc1CC(C)N(Cc1ccccc1)S(=O)(=O)c1cccc(S(N)(=O)=O)c1. The maximum atomic E-state index is 13.7. The van der Waals surface area contributed by atoms with Gasteiger partial charge in [0, 0.05) is 12.6 Å². The molecule has 1 atom stereocenters. The van der Waals surface area contributed by atoms with E-state index in [9.17, 15) is 16.8 Å². The highest BCUT2D eigenvalue weighted by atomic mass is 32.2. The number of nitrogens with zero attached hydrogens (tertiary/aromatic N) is 1. The van der Waals surface area contributed by atoms with E-state index in [4.69, 9.17) is 9.88 Å². The van der Waals surface area contributed by atoms with Crippen molar-refractivity contribution < 1.29 is 21.6 Å². The van der Waals surface area contributed by atoms with E-state index in [2.05, 4.69) is 0 Å². The van der Waals surface area contributed by atoms with Crippen molar-refractivity contribution in [2.24, 2.45) is 5.14 Å². The van der Waals surface area contributed by atoms with E-state index in [1.165, 1.54) is 22.5 Å². The molecule has 2 N–H and O–H groups in total. The second-order valence-corrected chi connectivity index (χ2v) is 10.9. The zero-order valence-electron chi connectivity index (χ0n) is 17.9. The van der Waals surface area contributed by atoms with Gasteiger partial charge in [0.1, 0.15) is 5.75 Å². The summed E-state index contributed by atoms with van der Waals surface area (Å²) in [5.74, 6) is 0.674. The van der Waals surface area contributed by atoms with Gasteiger partial charge in [-0.3, -0.25) is 0 Å². The Hall–Kier alpha value is -2.72. The predicted octanol–water partition coefficient (Wildman–Crippen LogP) is 3.16. The summed E-state index contributed by atoms with van der Waals surface area (Å²) < 4.78 is 57.7. The van der Waals surface area contributed by atoms with Crippen LogP contribution in [0, 0.1) is 0 Å². The summed E-state index contributed by atoms with van der Waals surface area (Å²) in [5, 5.41) is 5.21. The van der Waals surface area contributed by atoms with Crippen LogP contribution in [-0.2, 0) is 33.0 Å². The van der Waals surface area contributed by atoms with Crippen molar-refractivity contribution in [3.05, 3.63) is 90.0 Å². The van der Waals surface area contributed by atoms with Crippen molar-refractivity contribution in [2.75, 3.05) is 7.11 Å². The highest BCUT2D eigenvalue weighted by Gasteiger charge is 2.30. The van der Waals surface area contributed by atoms with Gasteiger partial charge in [0.2, 0.25) is 20.0 Å². The summed E-state index contributed by atoms with van der Waals surface area (Å²) in [7, 11) is -6.53. The van der Waals surface area contributed by atoms with Crippen LogP contribution in [0.5, 0.6) is 5.75 Å². The molecular formula is C23H26N2O5S2. The number of benzene rings is 3. The van der Waals surface area contributed by atoms with Gasteiger partial charge in [0.05, 0.1) is 16.9 Å². The Labute approximate surface area is 189 Å². The van der Waals surface area contributed by atoms with E-state index in [1.807, 2.05) is 61.5 Å². The van der Waals surface area contributed by atoms with Crippen LogP contribution in [0.2, 0.25) is 0 Å². The molecular weight excluding hydrogens is 448 g/mol. The van der Waals surface area contributed by atoms with Crippen LogP contribution in [0.15, 0.2) is 88.7 Å². The molecule has 0 aliphatic carbocycles. The van der Waals surface area contributed by atoms with E-state index < -0.39 is 26.1 Å². The van der Waals surface area contributed by atoms with Crippen LogP contribution in [0.1, 0.15) is 18.1 Å². The second-order valence-electron chi connectivity index (χ2n) is 7.42. The zero-order valence-corrected chi connectivity index (χ0v) is 19.5. The third kappa shape index (κ3) is 5.55. The molecule has 3 aromatic carbocycles. The van der Waals surface area contributed by atoms with E-state index in [0.717, 1.165) is 17.2 Å². The standard InChI is InChI=1S/C23H26N2O5S2/c1-18(15-20-11-6-7-14-23(20)30-2)25(17-19-9-4-3-5-10-19)32(28,29)22-13-8-12-21(16-22)31(24,26)27/h3-14,16,18H,15,17H2,1-2H3,(H2,24,26,27). The average molecular weight is 475 g/mol. The Morgan fingerprint density at radius 3 is 2.16 bits per heavy atom. The molecule has 1 unspecified atom stereocenters. The van der Waals surface area contributed by atoms with Crippen molar-refractivity contribution >= 4 is 20.0 Å². The topological polar surface area (TPSA) is 107 Å². The van der Waals surface area contributed by atoms with Crippen LogP contribution >= 0.6 is 0 Å². The minimum absolute atomic E-state index is 0.124. The predicted molar refractivity (Wildman–Crippen MR) is 123 cm³/mol. The number of methoxy groups -OCH3 is 1. The van der Waals surface area contributed by atoms with Gasteiger partial charge >= 0.3 is 0 Å². The fourth-order valence-corrected chi connectivity index (χ4v) is 5.78. The number of para-hydroxylation sites is 1. The number of ether oxygens (including phenoxy) is 1. The normalized spacial score (nSPS) is 13.1. The van der Waals surface area contributed by atoms with Crippen LogP contribution in [0.25, 0.3) is 0 Å². The summed E-state index contributed by atoms with van der Waals surface area (Å²) >= 11 is 0. The molecule has 0 heterocycles. The molecule has 0 spiro atoms. The molecule has 0 aliphatic heterocycles. The van der Waals surface area contributed by atoms with E-state index in [-0.39, 0.29) is 16.3 Å². The Morgan fingerprint density at radius 2 is 1.50 bits per heavy atom. The first-order chi connectivity index (χ1) is 15.1. The number of nitrogens with two attached hydrogens (primary N) is 1. The molecule has 0 amide bonds. The average Bonchev–Trinajstić information content (AvgIpc) is 2.78. The van der Waals surface area contributed by atoms with Gasteiger partial charge in [0.15, 0.2) is 0 Å². The highest BCUT2D eigenvalue weighted by molar-refractivity contribution is 7.90. The first-order valence-corrected chi connectivity index (χ1v) is 12.9. The van der Waals surface area contributed by atoms with E-state index in [1.54, 1.807) is 7.11 Å². The number of sulfonamides is 2. The quantitative estimate of drug-likeness (QED) is 0.513. The smallest absolute Gasteiger partial charge is 0.243 e. The number of hydrogen-bond donors (Lipinski definition) is 1. The zero-order chi connectivity index (χ0) is 23.4. The lowest BCUT2D eigenvalue weighted by Crippen LogP contribution is -2.39. The molecule has 0 saturated heterocycles. The monoisotopic (exact) mass is 474 g/mol. The molecule has 0 radical (unpaired) electrons. The first kappa shape index (κ1) is 23.9. The molecule has 0 saturated carbocycles. The summed E-state index contributed by atoms with van der Waals surface area (Å²) in [4.78, 5) is -0.387. The lowest BCUT2D eigenvalue weighted by Gasteiger charge is -2.29. The third-order valence-electron chi connectivity index (χ3n) is 5.12. The van der Waals surface area contributed by atoms with Gasteiger partial charge in [-0.1, -0.05) is 54.6 Å². The van der Waals surface area contributed by atoms with Crippen molar-refractivity contribution in [1.29, 1.82) is 0 Å². The van der Waals surface area contributed by atoms with E-state index >= 15 is 0 Å². The molecule has 0 fully saturated rings. The largest absolute Gasteiger partial charge is 0.496 e. The summed E-state index contributed by atoms with van der Waals surface area (Å²) in [6.07, 6.45) is 0.408. The Morgan fingerprint density at radius 1 is 0.875 bits per heavy atom. The van der Waals surface area contributed by atoms with Crippen molar-refractivity contribution in [2.45, 2.75) is 35.7 Å². The van der Waals surface area contributed by atoms with Gasteiger partial charge in [-0.25, -0.2) is 22.0 Å². The van der Waals surface area contributed by atoms with Crippen molar-refractivity contribution in [1.82, 2.24) is 4.31 Å². The molecule has 3 rings (SSSR count). The minimum atomic E-state index is -4.05. The molecule has 7 nitrogen and oxygen atoms in total. The molecule has 0 bridgehead atoms. The number of primary sulfonamides is 1. The van der Waals surface area contributed by atoms with Crippen LogP contribution in [0.4, 0.5) is 0 Å². The first-order valence-electron chi connectivity index (χ1n) is 9.93. The Bertz CT molecular complexity index is 1280. The number of hydrogen-bond acceptors (Lipinski definition) is 5. The Balaban J connectivity index is 2.04. The van der Waals surface area contributed by atoms with Gasteiger partial charge in [-0.05, 0) is 48.7 Å². The molecule has 3 aromatic rings. The van der Waals surface area contributed by atoms with Gasteiger partial charge in [-0.15, -0.1) is 0 Å². The highest BCUT2D eigenvalue weighted by Crippen LogP contribution is 2.27. The summed E-state index contributed by atoms with van der Waals surface area (Å²) in [5.41, 5.74) is 1.68. The fraction of sp³-hybridized carbons (Fsp3) is 0.217. The van der Waals surface area contributed by atoms with E-state index in [0.29, 0.717) is 12.2 Å². The second kappa shape index (κ2) is 9.83. The van der Waals surface area contributed by atoms with Crippen LogP contribution in [-0.4, -0.2) is 34.3 Å². The van der Waals surface area contributed by atoms with Crippen LogP contribution in [0.3, 0.4) is 0 Å². The van der Waals surface area contributed by atoms with Crippen molar-refractivity contribution in [3.63, 3.8) is 0 Å². The molecule has 9 heteroatoms. The molecule has 32 heavy (non-hydrogen) atoms. The van der Waals surface area contributed by atoms with Gasteiger partial charge in [0.25, 0.3) is 0 Å². The maximum absolute atomic E-state index is 13.7. The molecule has 170 valence electrons. The molecule has 0 aromatic heterocycles. The van der Waals surface area contributed by atoms with Gasteiger partial charge in [-0.2, -0.15) is 4.31 Å². The lowest BCUT2D eigenvalue weighted by molar-refractivity contribution is 0.323. The summed E-state index contributed by atoms with van der Waals surface area (Å²) in [6, 6.07) is 21.3. The third-order valence-corrected chi connectivity index (χ3v) is 7.99. The number of rotatable bonds is 9. The Kier molecular flexibility index (Phi) is 7.35. The minimum Gasteiger partial charge on any atom is -0.496 e. The summed E-state index contributed by atoms with van der Waals surface area (Å²) in [6.45, 7) is 1.94. The van der Waals surface area contributed by atoms with Gasteiger partial charge < -0.3 is 4.74 Å².